The van der Waals surface area contributed by atoms with Gasteiger partial charge in [0.15, 0.2) is 0 Å². The van der Waals surface area contributed by atoms with Crippen LogP contribution in [0.1, 0.15) is 11.1 Å². The Morgan fingerprint density at radius 3 is 2.50 bits per heavy atom. The van der Waals surface area contributed by atoms with Gasteiger partial charge in [0.2, 0.25) is 0 Å². The summed E-state index contributed by atoms with van der Waals surface area (Å²) in [4.78, 5) is 15.6. The molecule has 0 bridgehead atoms. The van der Waals surface area contributed by atoms with Crippen molar-refractivity contribution in [2.75, 3.05) is 5.32 Å². The molecule has 0 atom stereocenters. The molecule has 0 radical (unpaired) electrons. The quantitative estimate of drug-likeness (QED) is 0.313. The zero-order valence-corrected chi connectivity index (χ0v) is 16.9. The van der Waals surface area contributed by atoms with Gasteiger partial charge in [0, 0.05) is 34.1 Å². The number of hydrogen-bond donors (Lipinski definition) is 1. The molecule has 0 aliphatic heterocycles. The Morgan fingerprint density at radius 1 is 1.07 bits per heavy atom. The van der Waals surface area contributed by atoms with Gasteiger partial charge in [-0.3, -0.25) is 14.5 Å². The Kier molecular flexibility index (Phi) is 4.60. The van der Waals surface area contributed by atoms with E-state index in [1.54, 1.807) is 12.1 Å². The van der Waals surface area contributed by atoms with Crippen molar-refractivity contribution >= 4 is 38.8 Å². The number of aromatic nitrogens is 2. The highest BCUT2D eigenvalue weighted by Gasteiger charge is 2.18. The molecule has 4 rings (SSSR count). The van der Waals surface area contributed by atoms with Gasteiger partial charge in [0.1, 0.15) is 17.2 Å². The molecular formula is C21H17BrN4O2. The van der Waals surface area contributed by atoms with E-state index < -0.39 is 4.92 Å². The first kappa shape index (κ1) is 18.2. The van der Waals surface area contributed by atoms with E-state index in [9.17, 15) is 10.1 Å². The number of benzene rings is 2. The molecule has 4 aromatic rings. The average molecular weight is 437 g/mol. The Hall–Kier alpha value is -3.19. The summed E-state index contributed by atoms with van der Waals surface area (Å²) in [6.07, 6.45) is 1.93. The molecule has 0 unspecified atom stereocenters. The molecule has 2 aromatic heterocycles. The van der Waals surface area contributed by atoms with Gasteiger partial charge in [-0.15, -0.1) is 0 Å². The van der Waals surface area contributed by atoms with Gasteiger partial charge in [0.25, 0.3) is 5.69 Å². The number of pyridine rings is 1. The highest BCUT2D eigenvalue weighted by atomic mass is 79.9. The molecule has 2 heterocycles. The third-order valence-corrected chi connectivity index (χ3v) is 5.11. The second-order valence-corrected chi connectivity index (χ2v) is 7.50. The number of anilines is 2. The Bertz CT molecular complexity index is 1200. The Balaban J connectivity index is 1.95. The number of hydrogen-bond acceptors (Lipinski definition) is 4. The number of fused-ring (bicyclic) bond motifs is 1. The van der Waals surface area contributed by atoms with Crippen LogP contribution in [0, 0.1) is 24.0 Å². The van der Waals surface area contributed by atoms with Gasteiger partial charge in [-0.05, 0) is 53.0 Å². The topological polar surface area (TPSA) is 72.5 Å². The molecule has 7 heteroatoms. The summed E-state index contributed by atoms with van der Waals surface area (Å²) in [6.45, 7) is 4.09. The Labute approximate surface area is 170 Å². The maximum Gasteiger partial charge on any atom is 0.270 e. The number of non-ortho nitro benzene ring substituents is 1. The Morgan fingerprint density at radius 2 is 1.79 bits per heavy atom. The lowest BCUT2D eigenvalue weighted by molar-refractivity contribution is -0.384. The van der Waals surface area contributed by atoms with Crippen LogP contribution < -0.4 is 5.32 Å². The molecule has 0 aliphatic rings. The number of rotatable bonds is 4. The lowest BCUT2D eigenvalue weighted by atomic mass is 10.1. The first-order chi connectivity index (χ1) is 13.4. The third-order valence-electron chi connectivity index (χ3n) is 4.64. The van der Waals surface area contributed by atoms with Crippen molar-refractivity contribution in [3.8, 4) is 11.3 Å². The number of nitrogens with zero attached hydrogens (tertiary/aromatic N) is 3. The van der Waals surface area contributed by atoms with Gasteiger partial charge in [-0.25, -0.2) is 4.98 Å². The summed E-state index contributed by atoms with van der Waals surface area (Å²) >= 11 is 3.51. The highest BCUT2D eigenvalue weighted by molar-refractivity contribution is 9.10. The maximum atomic E-state index is 11.2. The first-order valence-electron chi connectivity index (χ1n) is 8.70. The van der Waals surface area contributed by atoms with Crippen LogP contribution >= 0.6 is 15.9 Å². The molecular weight excluding hydrogens is 420 g/mol. The van der Waals surface area contributed by atoms with Crippen molar-refractivity contribution in [1.29, 1.82) is 0 Å². The SMILES string of the molecule is Cc1cccc(C)c1Nc1c(-c2cccc([N+](=O)[O-])c2)nc2ccc(Br)cn12. The largest absolute Gasteiger partial charge is 0.339 e. The van der Waals surface area contributed by atoms with Crippen molar-refractivity contribution in [1.82, 2.24) is 9.38 Å². The molecule has 0 amide bonds. The van der Waals surface area contributed by atoms with Crippen molar-refractivity contribution in [2.45, 2.75) is 13.8 Å². The van der Waals surface area contributed by atoms with Crippen LogP contribution in [0.2, 0.25) is 0 Å². The smallest absolute Gasteiger partial charge is 0.270 e. The van der Waals surface area contributed by atoms with Crippen LogP contribution in [-0.4, -0.2) is 14.3 Å². The van der Waals surface area contributed by atoms with E-state index in [-0.39, 0.29) is 5.69 Å². The van der Waals surface area contributed by atoms with Crippen molar-refractivity contribution in [2.24, 2.45) is 0 Å². The average Bonchev–Trinajstić information content (AvgIpc) is 3.02. The number of aryl methyl sites for hydroxylation is 2. The minimum Gasteiger partial charge on any atom is -0.339 e. The van der Waals surface area contributed by atoms with E-state index in [4.69, 9.17) is 4.98 Å². The number of imidazole rings is 1. The van der Waals surface area contributed by atoms with Crippen LogP contribution in [0.3, 0.4) is 0 Å². The summed E-state index contributed by atoms with van der Waals surface area (Å²) in [5.74, 6) is 0.759. The lowest BCUT2D eigenvalue weighted by Crippen LogP contribution is -2.01. The summed E-state index contributed by atoms with van der Waals surface area (Å²) in [5.41, 5.74) is 5.33. The summed E-state index contributed by atoms with van der Waals surface area (Å²) in [5, 5.41) is 14.7. The minimum absolute atomic E-state index is 0.0359. The van der Waals surface area contributed by atoms with E-state index in [0.29, 0.717) is 11.3 Å². The van der Waals surface area contributed by atoms with Gasteiger partial charge >= 0.3 is 0 Å². The standard InChI is InChI=1S/C21H17BrN4O2/c1-13-5-3-6-14(2)19(13)24-21-20(15-7-4-8-17(11-15)26(27)28)23-18-10-9-16(22)12-25(18)21/h3-12,24H,1-2H3. The molecule has 0 aliphatic carbocycles. The van der Waals surface area contributed by atoms with E-state index in [1.165, 1.54) is 6.07 Å². The van der Waals surface area contributed by atoms with E-state index in [2.05, 4.69) is 21.2 Å². The van der Waals surface area contributed by atoms with Gasteiger partial charge in [0.05, 0.1) is 4.92 Å². The number of nitro benzene ring substituents is 1. The number of nitrogens with one attached hydrogen (secondary N) is 1. The second kappa shape index (κ2) is 7.09. The first-order valence-corrected chi connectivity index (χ1v) is 9.49. The number of nitro groups is 1. The predicted octanol–water partition coefficient (Wildman–Crippen LogP) is 6.03. The highest BCUT2D eigenvalue weighted by Crippen LogP contribution is 2.35. The van der Waals surface area contributed by atoms with Crippen LogP contribution in [0.15, 0.2) is 65.3 Å². The number of halogens is 1. The molecule has 6 nitrogen and oxygen atoms in total. The second-order valence-electron chi connectivity index (χ2n) is 6.58. The van der Waals surface area contributed by atoms with Crippen molar-refractivity contribution in [3.63, 3.8) is 0 Å². The van der Waals surface area contributed by atoms with E-state index in [0.717, 1.165) is 32.8 Å². The normalized spacial score (nSPS) is 11.0. The molecule has 0 saturated heterocycles. The van der Waals surface area contributed by atoms with Crippen molar-refractivity contribution < 1.29 is 4.92 Å². The zero-order valence-electron chi connectivity index (χ0n) is 15.3. The van der Waals surface area contributed by atoms with Gasteiger partial charge < -0.3 is 5.32 Å². The molecule has 0 fully saturated rings. The minimum atomic E-state index is -0.394. The lowest BCUT2D eigenvalue weighted by Gasteiger charge is -2.14. The monoisotopic (exact) mass is 436 g/mol. The fourth-order valence-corrected chi connectivity index (χ4v) is 3.57. The summed E-state index contributed by atoms with van der Waals surface area (Å²) < 4.78 is 2.86. The molecule has 28 heavy (non-hydrogen) atoms. The number of para-hydroxylation sites is 1. The fraction of sp³-hybridized carbons (Fsp3) is 0.0952. The predicted molar refractivity (Wildman–Crippen MR) is 114 cm³/mol. The van der Waals surface area contributed by atoms with Gasteiger partial charge in [-0.2, -0.15) is 0 Å². The van der Waals surface area contributed by atoms with E-state index >= 15 is 0 Å². The summed E-state index contributed by atoms with van der Waals surface area (Å²) in [7, 11) is 0. The molecule has 0 saturated carbocycles. The third kappa shape index (κ3) is 3.25. The van der Waals surface area contributed by atoms with E-state index in [1.807, 2.05) is 60.8 Å². The van der Waals surface area contributed by atoms with Crippen LogP contribution in [-0.2, 0) is 0 Å². The molecule has 140 valence electrons. The van der Waals surface area contributed by atoms with Crippen LogP contribution in [0.4, 0.5) is 17.2 Å². The van der Waals surface area contributed by atoms with Crippen molar-refractivity contribution in [3.05, 3.63) is 86.5 Å². The van der Waals surface area contributed by atoms with Crippen LogP contribution in [0.5, 0.6) is 0 Å². The zero-order chi connectivity index (χ0) is 19.8. The molecule has 2 aromatic carbocycles. The fourth-order valence-electron chi connectivity index (χ4n) is 3.24. The molecule has 0 spiro atoms. The maximum absolute atomic E-state index is 11.2. The summed E-state index contributed by atoms with van der Waals surface area (Å²) in [6, 6.07) is 16.5. The molecule has 1 N–H and O–H groups in total. The van der Waals surface area contributed by atoms with Gasteiger partial charge in [-0.1, -0.05) is 30.3 Å². The van der Waals surface area contributed by atoms with Crippen LogP contribution in [0.25, 0.3) is 16.9 Å².